The number of nitrogens with zero attached hydrogens (tertiary/aromatic N) is 3. The summed E-state index contributed by atoms with van der Waals surface area (Å²) >= 11 is 0. The number of allylic oxidation sites excluding steroid dienone is 1. The van der Waals surface area contributed by atoms with Gasteiger partial charge in [-0.15, -0.1) is 6.58 Å². The number of nitrogens with one attached hydrogen (secondary N) is 1. The van der Waals surface area contributed by atoms with Crippen LogP contribution in [0.1, 0.15) is 24.8 Å². The van der Waals surface area contributed by atoms with E-state index in [-0.39, 0.29) is 18.0 Å². The van der Waals surface area contributed by atoms with Crippen molar-refractivity contribution in [3.05, 3.63) is 39.1 Å². The molecule has 1 aromatic rings. The molecule has 0 unspecified atom stereocenters. The second-order valence-electron chi connectivity index (χ2n) is 5.33. The number of hydrogen-bond donors (Lipinski definition) is 2. The molecule has 0 saturated carbocycles. The van der Waals surface area contributed by atoms with Crippen molar-refractivity contribution in [2.45, 2.75) is 25.8 Å². The maximum Gasteiger partial charge on any atom is 0.331 e. The van der Waals surface area contributed by atoms with Crippen molar-refractivity contribution in [2.75, 3.05) is 26.2 Å². The molecular formula is C15H22N4O3. The van der Waals surface area contributed by atoms with E-state index in [1.165, 1.54) is 31.6 Å². The molecule has 22 heavy (non-hydrogen) atoms. The zero-order valence-corrected chi connectivity index (χ0v) is 12.6. The molecule has 0 amide bonds. The molecule has 7 heteroatoms. The Bertz CT molecular complexity index is 654. The topological polar surface area (TPSA) is 90.7 Å². The zero-order valence-electron chi connectivity index (χ0n) is 12.6. The van der Waals surface area contributed by atoms with E-state index in [0.717, 1.165) is 24.2 Å². The van der Waals surface area contributed by atoms with Gasteiger partial charge in [0.2, 0.25) is 5.88 Å². The van der Waals surface area contributed by atoms with Gasteiger partial charge in [0.15, 0.2) is 0 Å². The predicted octanol–water partition coefficient (Wildman–Crippen LogP) is 0.333. The first kappa shape index (κ1) is 16.2. The summed E-state index contributed by atoms with van der Waals surface area (Å²) in [6.07, 6.45) is 6.52. The summed E-state index contributed by atoms with van der Waals surface area (Å²) in [4.78, 5) is 32.0. The Morgan fingerprint density at radius 2 is 2.00 bits per heavy atom. The number of aromatic hydroxyl groups is 1. The summed E-state index contributed by atoms with van der Waals surface area (Å²) in [7, 11) is 0. The lowest BCUT2D eigenvalue weighted by Crippen LogP contribution is -2.32. The van der Waals surface area contributed by atoms with Gasteiger partial charge in [0.25, 0.3) is 5.56 Å². The third kappa shape index (κ3) is 3.94. The lowest BCUT2D eigenvalue weighted by molar-refractivity contribution is 0.235. The Morgan fingerprint density at radius 1 is 1.27 bits per heavy atom. The van der Waals surface area contributed by atoms with Gasteiger partial charge < -0.3 is 10.0 Å². The molecular weight excluding hydrogens is 284 g/mol. The fourth-order valence-electron chi connectivity index (χ4n) is 2.53. The van der Waals surface area contributed by atoms with Crippen LogP contribution in [0.4, 0.5) is 0 Å². The van der Waals surface area contributed by atoms with Gasteiger partial charge in [0.1, 0.15) is 5.56 Å². The summed E-state index contributed by atoms with van der Waals surface area (Å²) < 4.78 is 1.04. The van der Waals surface area contributed by atoms with Gasteiger partial charge in [-0.1, -0.05) is 12.5 Å². The molecule has 0 radical (unpaired) electrons. The summed E-state index contributed by atoms with van der Waals surface area (Å²) in [5.74, 6) is -0.379. The van der Waals surface area contributed by atoms with Crippen LogP contribution in [0.2, 0.25) is 0 Å². The van der Waals surface area contributed by atoms with Crippen molar-refractivity contribution >= 4 is 6.21 Å². The summed E-state index contributed by atoms with van der Waals surface area (Å²) in [6.45, 7) is 7.20. The smallest absolute Gasteiger partial charge is 0.331 e. The van der Waals surface area contributed by atoms with E-state index in [4.69, 9.17) is 0 Å². The van der Waals surface area contributed by atoms with Crippen LogP contribution in [0, 0.1) is 0 Å². The highest BCUT2D eigenvalue weighted by molar-refractivity contribution is 5.81. The Balaban J connectivity index is 2.06. The van der Waals surface area contributed by atoms with E-state index < -0.39 is 11.2 Å². The van der Waals surface area contributed by atoms with Crippen LogP contribution in [0.25, 0.3) is 0 Å². The second-order valence-corrected chi connectivity index (χ2v) is 5.33. The van der Waals surface area contributed by atoms with Crippen LogP contribution in [-0.4, -0.2) is 52.0 Å². The van der Waals surface area contributed by atoms with Gasteiger partial charge in [0.05, 0.1) is 6.54 Å². The van der Waals surface area contributed by atoms with Gasteiger partial charge >= 0.3 is 5.69 Å². The number of hydrogen-bond acceptors (Lipinski definition) is 5. The summed E-state index contributed by atoms with van der Waals surface area (Å²) in [5, 5.41) is 10.0. The minimum absolute atomic E-state index is 0.0000872. The van der Waals surface area contributed by atoms with Crippen molar-refractivity contribution in [2.24, 2.45) is 4.99 Å². The van der Waals surface area contributed by atoms with E-state index in [2.05, 4.69) is 21.5 Å². The molecule has 1 aliphatic heterocycles. The number of H-pyrrole nitrogens is 1. The number of rotatable bonds is 6. The quantitative estimate of drug-likeness (QED) is 0.585. The van der Waals surface area contributed by atoms with Gasteiger partial charge in [0, 0.05) is 19.3 Å². The number of likely N-dealkylation sites (tertiary alicyclic amines) is 1. The SMILES string of the molecule is C=CCn1c(O)c(C=NCCN2CCCCC2)c(=O)[nH]c1=O. The van der Waals surface area contributed by atoms with E-state index in [9.17, 15) is 14.7 Å². The number of aromatic nitrogens is 2. The third-order valence-electron chi connectivity index (χ3n) is 3.73. The molecule has 7 nitrogen and oxygen atoms in total. The molecule has 1 aromatic heterocycles. The molecule has 2 heterocycles. The molecule has 0 bridgehead atoms. The standard InChI is InChI=1S/C15H22N4O3/c1-2-7-19-14(21)12(13(20)17-15(19)22)11-16-6-10-18-8-4-3-5-9-18/h2,11,21H,1,3-10H2,(H,17,20,22). The Kier molecular flexibility index (Phi) is 5.71. The van der Waals surface area contributed by atoms with Crippen LogP contribution in [0.15, 0.2) is 27.2 Å². The van der Waals surface area contributed by atoms with Gasteiger partial charge in [-0.3, -0.25) is 19.3 Å². The van der Waals surface area contributed by atoms with Crippen LogP contribution < -0.4 is 11.2 Å². The van der Waals surface area contributed by atoms with Crippen molar-refractivity contribution < 1.29 is 5.11 Å². The normalized spacial score (nSPS) is 16.2. The minimum atomic E-state index is -0.659. The number of aromatic amines is 1. The average Bonchev–Trinajstić information content (AvgIpc) is 2.51. The average molecular weight is 306 g/mol. The van der Waals surface area contributed by atoms with E-state index in [0.29, 0.717) is 6.54 Å². The van der Waals surface area contributed by atoms with Gasteiger partial charge in [-0.25, -0.2) is 4.79 Å². The Hall–Kier alpha value is -2.15. The van der Waals surface area contributed by atoms with Crippen molar-refractivity contribution in [1.29, 1.82) is 0 Å². The first-order chi connectivity index (χ1) is 10.6. The van der Waals surface area contributed by atoms with Crippen molar-refractivity contribution in [3.63, 3.8) is 0 Å². The number of piperidine rings is 1. The van der Waals surface area contributed by atoms with Gasteiger partial charge in [-0.2, -0.15) is 0 Å². The van der Waals surface area contributed by atoms with Crippen molar-refractivity contribution in [1.82, 2.24) is 14.5 Å². The molecule has 2 N–H and O–H groups in total. The summed E-state index contributed by atoms with van der Waals surface area (Å²) in [5.41, 5.74) is -1.29. The highest BCUT2D eigenvalue weighted by Crippen LogP contribution is 2.09. The predicted molar refractivity (Wildman–Crippen MR) is 85.9 cm³/mol. The lowest BCUT2D eigenvalue weighted by Gasteiger charge is -2.25. The van der Waals surface area contributed by atoms with E-state index in [1.807, 2.05) is 0 Å². The molecule has 2 rings (SSSR count). The first-order valence-electron chi connectivity index (χ1n) is 7.52. The Labute approximate surface area is 128 Å². The zero-order chi connectivity index (χ0) is 15.9. The molecule has 120 valence electrons. The molecule has 0 atom stereocenters. The monoisotopic (exact) mass is 306 g/mol. The van der Waals surface area contributed by atoms with Crippen molar-refractivity contribution in [3.8, 4) is 5.88 Å². The van der Waals surface area contributed by atoms with Crippen LogP contribution in [0.5, 0.6) is 5.88 Å². The maximum atomic E-state index is 11.8. The second kappa shape index (κ2) is 7.74. The first-order valence-corrected chi connectivity index (χ1v) is 7.52. The van der Waals surface area contributed by atoms with Crippen LogP contribution in [0.3, 0.4) is 0 Å². The fourth-order valence-corrected chi connectivity index (χ4v) is 2.53. The molecule has 0 aromatic carbocycles. The molecule has 0 aliphatic carbocycles. The highest BCUT2D eigenvalue weighted by atomic mass is 16.3. The maximum absolute atomic E-state index is 11.8. The minimum Gasteiger partial charge on any atom is -0.494 e. The van der Waals surface area contributed by atoms with Crippen LogP contribution in [-0.2, 0) is 6.54 Å². The molecule has 1 saturated heterocycles. The van der Waals surface area contributed by atoms with Gasteiger partial charge in [-0.05, 0) is 25.9 Å². The molecule has 1 fully saturated rings. The largest absolute Gasteiger partial charge is 0.494 e. The molecule has 1 aliphatic rings. The fraction of sp³-hybridized carbons (Fsp3) is 0.533. The Morgan fingerprint density at radius 3 is 2.68 bits per heavy atom. The highest BCUT2D eigenvalue weighted by Gasteiger charge is 2.12. The summed E-state index contributed by atoms with van der Waals surface area (Å²) in [6, 6.07) is 0. The lowest BCUT2D eigenvalue weighted by atomic mass is 10.1. The molecule has 0 spiro atoms. The van der Waals surface area contributed by atoms with Crippen LogP contribution >= 0.6 is 0 Å². The third-order valence-corrected chi connectivity index (χ3v) is 3.73. The van der Waals surface area contributed by atoms with E-state index >= 15 is 0 Å². The van der Waals surface area contributed by atoms with E-state index in [1.54, 1.807) is 0 Å². The number of aliphatic imine (C=N–C) groups is 1.